The molecule has 3 rings (SSSR count). The molecule has 2 heterocycles. The van der Waals surface area contributed by atoms with Crippen molar-refractivity contribution in [3.8, 4) is 22.8 Å². The highest BCUT2D eigenvalue weighted by molar-refractivity contribution is 14.1. The minimum absolute atomic E-state index is 0.150. The molecule has 0 atom stereocenters. The molecule has 1 N–H and O–H groups in total. The fourth-order valence-electron chi connectivity index (χ4n) is 2.03. The third-order valence-electron chi connectivity index (χ3n) is 3.07. The van der Waals surface area contributed by atoms with Crippen LogP contribution in [0, 0.1) is 10.5 Å². The van der Waals surface area contributed by atoms with E-state index >= 15 is 0 Å². The number of aryl methyl sites for hydroxylation is 1. The third-order valence-corrected chi connectivity index (χ3v) is 4.07. The first-order valence-corrected chi connectivity index (χ1v) is 7.51. The minimum Gasteiger partial charge on any atom is -0.304 e. The van der Waals surface area contributed by atoms with Crippen LogP contribution in [0.4, 0.5) is 0 Å². The molecule has 21 heavy (non-hydrogen) atoms. The highest BCUT2D eigenvalue weighted by atomic mass is 127. The van der Waals surface area contributed by atoms with Crippen molar-refractivity contribution in [2.45, 2.75) is 6.92 Å². The molecule has 2 aromatic heterocycles. The molecule has 0 spiro atoms. The number of H-pyrrole nitrogens is 1. The van der Waals surface area contributed by atoms with Gasteiger partial charge in [-0.25, -0.2) is 4.98 Å². The van der Waals surface area contributed by atoms with Crippen molar-refractivity contribution >= 4 is 22.6 Å². The van der Waals surface area contributed by atoms with Gasteiger partial charge in [0.15, 0.2) is 5.82 Å². The summed E-state index contributed by atoms with van der Waals surface area (Å²) in [4.78, 5) is 23.8. The SMILES string of the molecule is Cc1ccnc(-c2nc(-c3ccccc3)c(I)c(=O)[nH]2)c1. The third kappa shape index (κ3) is 2.87. The van der Waals surface area contributed by atoms with Gasteiger partial charge in [0.25, 0.3) is 5.56 Å². The quantitative estimate of drug-likeness (QED) is 0.684. The molecule has 0 radical (unpaired) electrons. The summed E-state index contributed by atoms with van der Waals surface area (Å²) in [5, 5.41) is 0. The van der Waals surface area contributed by atoms with Crippen LogP contribution in [-0.4, -0.2) is 15.0 Å². The van der Waals surface area contributed by atoms with E-state index in [0.29, 0.717) is 20.8 Å². The summed E-state index contributed by atoms with van der Waals surface area (Å²) in [6.45, 7) is 1.98. The van der Waals surface area contributed by atoms with Gasteiger partial charge in [0, 0.05) is 11.8 Å². The Morgan fingerprint density at radius 1 is 1.14 bits per heavy atom. The lowest BCUT2D eigenvalue weighted by atomic mass is 10.1. The molecule has 0 aliphatic carbocycles. The van der Waals surface area contributed by atoms with E-state index in [9.17, 15) is 4.79 Å². The lowest BCUT2D eigenvalue weighted by Gasteiger charge is -2.07. The summed E-state index contributed by atoms with van der Waals surface area (Å²) >= 11 is 2.02. The predicted molar refractivity (Wildman–Crippen MR) is 91.0 cm³/mol. The molecule has 0 fully saturated rings. The van der Waals surface area contributed by atoms with Gasteiger partial charge in [0.1, 0.15) is 9.26 Å². The van der Waals surface area contributed by atoms with Crippen molar-refractivity contribution in [3.05, 3.63) is 68.1 Å². The van der Waals surface area contributed by atoms with Crippen molar-refractivity contribution in [3.63, 3.8) is 0 Å². The van der Waals surface area contributed by atoms with Gasteiger partial charge in [-0.3, -0.25) is 9.78 Å². The topological polar surface area (TPSA) is 58.6 Å². The molecule has 0 saturated carbocycles. The molecular formula is C16H12IN3O. The van der Waals surface area contributed by atoms with Crippen molar-refractivity contribution in [2.24, 2.45) is 0 Å². The van der Waals surface area contributed by atoms with Crippen molar-refractivity contribution in [1.29, 1.82) is 0 Å². The first-order chi connectivity index (χ1) is 10.1. The van der Waals surface area contributed by atoms with Gasteiger partial charge < -0.3 is 4.98 Å². The zero-order valence-electron chi connectivity index (χ0n) is 11.3. The van der Waals surface area contributed by atoms with Gasteiger partial charge in [-0.1, -0.05) is 30.3 Å². The standard InChI is InChI=1S/C16H12IN3O/c1-10-7-8-18-12(9-10)15-19-14(13(17)16(21)20-15)11-5-3-2-4-6-11/h2-9H,1H3,(H,19,20,21). The summed E-state index contributed by atoms with van der Waals surface area (Å²) < 4.78 is 0.579. The number of hydrogen-bond donors (Lipinski definition) is 1. The summed E-state index contributed by atoms with van der Waals surface area (Å²) in [5.41, 5.74) is 3.19. The Morgan fingerprint density at radius 3 is 2.62 bits per heavy atom. The molecule has 0 saturated heterocycles. The lowest BCUT2D eigenvalue weighted by molar-refractivity contribution is 1.09. The van der Waals surface area contributed by atoms with Gasteiger partial charge >= 0.3 is 0 Å². The number of benzene rings is 1. The first kappa shape index (κ1) is 13.9. The molecule has 5 heteroatoms. The zero-order chi connectivity index (χ0) is 14.8. The van der Waals surface area contributed by atoms with E-state index in [4.69, 9.17) is 0 Å². The molecule has 0 bridgehead atoms. The van der Waals surface area contributed by atoms with Gasteiger partial charge in [0.05, 0.1) is 5.69 Å². The Bertz CT molecular complexity index is 844. The molecule has 0 unspecified atom stereocenters. The molecule has 0 aliphatic heterocycles. The van der Waals surface area contributed by atoms with Crippen LogP contribution in [0.2, 0.25) is 0 Å². The fraction of sp³-hybridized carbons (Fsp3) is 0.0625. The Labute approximate surface area is 135 Å². The molecular weight excluding hydrogens is 377 g/mol. The monoisotopic (exact) mass is 389 g/mol. The van der Waals surface area contributed by atoms with Crippen LogP contribution in [0.15, 0.2) is 53.5 Å². The number of aromatic nitrogens is 3. The molecule has 1 aromatic carbocycles. The maximum Gasteiger partial charge on any atom is 0.265 e. The van der Waals surface area contributed by atoms with Crippen LogP contribution in [-0.2, 0) is 0 Å². The van der Waals surface area contributed by atoms with Crippen molar-refractivity contribution < 1.29 is 0 Å². The second kappa shape index (κ2) is 5.77. The summed E-state index contributed by atoms with van der Waals surface area (Å²) in [6.07, 6.45) is 1.71. The van der Waals surface area contributed by atoms with Crippen LogP contribution in [0.25, 0.3) is 22.8 Å². The van der Waals surface area contributed by atoms with Crippen molar-refractivity contribution in [2.75, 3.05) is 0 Å². The number of hydrogen-bond acceptors (Lipinski definition) is 3. The van der Waals surface area contributed by atoms with E-state index in [-0.39, 0.29) is 5.56 Å². The van der Waals surface area contributed by atoms with Gasteiger partial charge in [-0.05, 0) is 47.2 Å². The number of nitrogens with zero attached hydrogens (tertiary/aromatic N) is 2. The zero-order valence-corrected chi connectivity index (χ0v) is 13.5. The second-order valence-corrected chi connectivity index (χ2v) is 5.74. The number of pyridine rings is 1. The summed E-state index contributed by atoms with van der Waals surface area (Å²) in [7, 11) is 0. The molecule has 0 amide bonds. The lowest BCUT2D eigenvalue weighted by Crippen LogP contribution is -2.14. The molecule has 3 aromatic rings. The largest absolute Gasteiger partial charge is 0.304 e. The molecule has 4 nitrogen and oxygen atoms in total. The Kier molecular flexibility index (Phi) is 3.83. The smallest absolute Gasteiger partial charge is 0.265 e. The predicted octanol–water partition coefficient (Wildman–Crippen LogP) is 3.41. The highest BCUT2D eigenvalue weighted by Gasteiger charge is 2.12. The Balaban J connectivity index is 2.21. The number of rotatable bonds is 2. The maximum atomic E-state index is 12.2. The van der Waals surface area contributed by atoms with E-state index in [0.717, 1.165) is 11.1 Å². The van der Waals surface area contributed by atoms with E-state index in [1.807, 2.05) is 72.0 Å². The fourth-order valence-corrected chi connectivity index (χ4v) is 2.60. The average Bonchev–Trinajstić information content (AvgIpc) is 2.51. The molecule has 104 valence electrons. The Morgan fingerprint density at radius 2 is 1.90 bits per heavy atom. The van der Waals surface area contributed by atoms with E-state index < -0.39 is 0 Å². The molecule has 0 aliphatic rings. The van der Waals surface area contributed by atoms with Gasteiger partial charge in [0.2, 0.25) is 0 Å². The van der Waals surface area contributed by atoms with Crippen molar-refractivity contribution in [1.82, 2.24) is 15.0 Å². The maximum absolute atomic E-state index is 12.2. The van der Waals surface area contributed by atoms with Crippen LogP contribution >= 0.6 is 22.6 Å². The van der Waals surface area contributed by atoms with E-state index in [1.54, 1.807) is 6.20 Å². The van der Waals surface area contributed by atoms with E-state index in [1.165, 1.54) is 0 Å². The van der Waals surface area contributed by atoms with Gasteiger partial charge in [-0.2, -0.15) is 0 Å². The summed E-state index contributed by atoms with van der Waals surface area (Å²) in [5.74, 6) is 0.489. The second-order valence-electron chi connectivity index (χ2n) is 4.66. The van der Waals surface area contributed by atoms with Crippen LogP contribution < -0.4 is 5.56 Å². The minimum atomic E-state index is -0.150. The number of halogens is 1. The normalized spacial score (nSPS) is 10.6. The number of nitrogens with one attached hydrogen (secondary N) is 1. The van der Waals surface area contributed by atoms with Crippen LogP contribution in [0.3, 0.4) is 0 Å². The number of aromatic amines is 1. The van der Waals surface area contributed by atoms with Crippen LogP contribution in [0.1, 0.15) is 5.56 Å². The first-order valence-electron chi connectivity index (χ1n) is 6.43. The Hall–Kier alpha value is -2.02. The van der Waals surface area contributed by atoms with Crippen LogP contribution in [0.5, 0.6) is 0 Å². The highest BCUT2D eigenvalue weighted by Crippen LogP contribution is 2.22. The van der Waals surface area contributed by atoms with Gasteiger partial charge in [-0.15, -0.1) is 0 Å². The average molecular weight is 389 g/mol. The summed E-state index contributed by atoms with van der Waals surface area (Å²) in [6, 6.07) is 13.5. The van der Waals surface area contributed by atoms with E-state index in [2.05, 4.69) is 15.0 Å².